The standard InChI is InChI=1S/C25H36N4O3/c1-25(2,3)24(30)26-14-18-11-16-9-10-29(18)15-19(16)21-13-20(27-28(21)4)17-7-8-22(31-5)23(12-17)32-6/h7-8,12-13,16,18-19H,9-11,14-15H2,1-6H3,(H,26,30). The van der Waals surface area contributed by atoms with Crippen LogP contribution in [0.2, 0.25) is 0 Å². The van der Waals surface area contributed by atoms with Crippen LogP contribution in [0.15, 0.2) is 24.3 Å². The van der Waals surface area contributed by atoms with Crippen molar-refractivity contribution in [2.75, 3.05) is 33.9 Å². The molecule has 3 aliphatic heterocycles. The highest BCUT2D eigenvalue weighted by molar-refractivity contribution is 5.81. The maximum Gasteiger partial charge on any atom is 0.225 e. The van der Waals surface area contributed by atoms with Gasteiger partial charge in [0.25, 0.3) is 0 Å². The topological polar surface area (TPSA) is 68.6 Å². The van der Waals surface area contributed by atoms with Crippen LogP contribution in [-0.4, -0.2) is 60.5 Å². The van der Waals surface area contributed by atoms with Crippen LogP contribution in [0.25, 0.3) is 11.3 Å². The Kier molecular flexibility index (Phi) is 6.21. The second kappa shape index (κ2) is 8.77. The zero-order chi connectivity index (χ0) is 23.0. The molecule has 0 aliphatic carbocycles. The van der Waals surface area contributed by atoms with Gasteiger partial charge in [-0.25, -0.2) is 0 Å². The molecule has 174 valence electrons. The van der Waals surface area contributed by atoms with Crippen LogP contribution in [0.5, 0.6) is 11.5 Å². The summed E-state index contributed by atoms with van der Waals surface area (Å²) in [5.41, 5.74) is 2.91. The van der Waals surface area contributed by atoms with Crippen LogP contribution in [0, 0.1) is 11.3 Å². The fourth-order valence-corrected chi connectivity index (χ4v) is 5.13. The number of piperidine rings is 3. The minimum absolute atomic E-state index is 0.128. The SMILES string of the molecule is COc1ccc(-c2cc(C3CN4CCC3CC4CNC(=O)C(C)(C)C)n(C)n2)cc1OC. The first kappa shape index (κ1) is 22.6. The highest BCUT2D eigenvalue weighted by Crippen LogP contribution is 2.42. The number of hydrogen-bond acceptors (Lipinski definition) is 5. The van der Waals surface area contributed by atoms with Crippen molar-refractivity contribution in [3.8, 4) is 22.8 Å². The van der Waals surface area contributed by atoms with Gasteiger partial charge >= 0.3 is 0 Å². The van der Waals surface area contributed by atoms with Gasteiger partial charge in [0, 0.05) is 48.8 Å². The van der Waals surface area contributed by atoms with E-state index in [1.807, 2.05) is 50.7 Å². The van der Waals surface area contributed by atoms with E-state index in [-0.39, 0.29) is 11.3 Å². The zero-order valence-corrected chi connectivity index (χ0v) is 20.1. The largest absolute Gasteiger partial charge is 0.493 e. The molecule has 3 saturated heterocycles. The van der Waals surface area contributed by atoms with Gasteiger partial charge in [-0.15, -0.1) is 0 Å². The number of fused-ring (bicyclic) bond motifs is 3. The third-order valence-electron chi connectivity index (χ3n) is 7.03. The van der Waals surface area contributed by atoms with E-state index in [4.69, 9.17) is 14.6 Å². The third kappa shape index (κ3) is 4.35. The first-order chi connectivity index (χ1) is 15.2. The predicted molar refractivity (Wildman–Crippen MR) is 125 cm³/mol. The van der Waals surface area contributed by atoms with E-state index < -0.39 is 0 Å². The molecule has 0 spiro atoms. The molecule has 1 aromatic carbocycles. The molecule has 4 atom stereocenters. The van der Waals surface area contributed by atoms with E-state index in [9.17, 15) is 4.79 Å². The molecule has 0 saturated carbocycles. The number of benzene rings is 1. The third-order valence-corrected chi connectivity index (χ3v) is 7.03. The Bertz CT molecular complexity index is 978. The van der Waals surface area contributed by atoms with Crippen LogP contribution in [0.3, 0.4) is 0 Å². The minimum atomic E-state index is -0.346. The average Bonchev–Trinajstić information content (AvgIpc) is 3.18. The first-order valence-electron chi connectivity index (χ1n) is 11.5. The fraction of sp³-hybridized carbons (Fsp3) is 0.600. The van der Waals surface area contributed by atoms with Crippen LogP contribution in [0.1, 0.15) is 45.2 Å². The van der Waals surface area contributed by atoms with Gasteiger partial charge in [-0.2, -0.15) is 5.10 Å². The highest BCUT2D eigenvalue weighted by Gasteiger charge is 2.42. The van der Waals surface area contributed by atoms with Crippen LogP contribution >= 0.6 is 0 Å². The molecule has 3 fully saturated rings. The molecule has 2 bridgehead atoms. The van der Waals surface area contributed by atoms with E-state index in [1.54, 1.807) is 14.2 Å². The van der Waals surface area contributed by atoms with Crippen molar-refractivity contribution < 1.29 is 14.3 Å². The van der Waals surface area contributed by atoms with Crippen molar-refractivity contribution >= 4 is 5.91 Å². The normalized spacial score (nSPS) is 24.9. The Morgan fingerprint density at radius 2 is 1.94 bits per heavy atom. The second-order valence-electron chi connectivity index (χ2n) is 10.1. The van der Waals surface area contributed by atoms with Gasteiger partial charge in [0.2, 0.25) is 5.91 Å². The summed E-state index contributed by atoms with van der Waals surface area (Å²) >= 11 is 0. The van der Waals surface area contributed by atoms with E-state index in [0.29, 0.717) is 23.6 Å². The lowest BCUT2D eigenvalue weighted by Gasteiger charge is -2.50. The number of carbonyl (C=O) groups excluding carboxylic acids is 1. The molecule has 2 aromatic rings. The van der Waals surface area contributed by atoms with Gasteiger partial charge < -0.3 is 14.8 Å². The van der Waals surface area contributed by atoms with Crippen molar-refractivity contribution in [3.05, 3.63) is 30.0 Å². The Labute approximate surface area is 191 Å². The van der Waals surface area contributed by atoms with E-state index >= 15 is 0 Å². The van der Waals surface area contributed by atoms with E-state index in [2.05, 4.69) is 16.3 Å². The molecule has 1 amide bonds. The van der Waals surface area contributed by atoms with Gasteiger partial charge in [-0.05, 0) is 49.6 Å². The van der Waals surface area contributed by atoms with Gasteiger partial charge in [-0.3, -0.25) is 14.4 Å². The Hall–Kier alpha value is -2.54. The van der Waals surface area contributed by atoms with Crippen LogP contribution in [-0.2, 0) is 11.8 Å². The molecule has 1 N–H and O–H groups in total. The number of carbonyl (C=O) groups is 1. The zero-order valence-electron chi connectivity index (χ0n) is 20.1. The number of nitrogens with zero attached hydrogens (tertiary/aromatic N) is 3. The van der Waals surface area contributed by atoms with Gasteiger partial charge in [0.1, 0.15) is 0 Å². The quantitative estimate of drug-likeness (QED) is 0.745. The summed E-state index contributed by atoms with van der Waals surface area (Å²) in [7, 11) is 5.34. The Morgan fingerprint density at radius 3 is 2.56 bits per heavy atom. The Balaban J connectivity index is 1.48. The lowest BCUT2D eigenvalue weighted by Crippen LogP contribution is -2.56. The van der Waals surface area contributed by atoms with Crippen LogP contribution < -0.4 is 14.8 Å². The van der Waals surface area contributed by atoms with Crippen molar-refractivity contribution in [3.63, 3.8) is 0 Å². The number of aryl methyl sites for hydroxylation is 1. The molecule has 7 nitrogen and oxygen atoms in total. The molecule has 1 aromatic heterocycles. The molecular weight excluding hydrogens is 404 g/mol. The van der Waals surface area contributed by atoms with Crippen molar-refractivity contribution in [2.24, 2.45) is 18.4 Å². The number of amides is 1. The first-order valence-corrected chi connectivity index (χ1v) is 11.5. The predicted octanol–water partition coefficient (Wildman–Crippen LogP) is 3.44. The molecule has 4 unspecified atom stereocenters. The number of hydrogen-bond donors (Lipinski definition) is 1. The summed E-state index contributed by atoms with van der Waals surface area (Å²) in [6, 6.07) is 8.58. The molecule has 4 heterocycles. The lowest BCUT2D eigenvalue weighted by molar-refractivity contribution is -0.129. The van der Waals surface area contributed by atoms with Gasteiger partial charge in [0.05, 0.1) is 19.9 Å². The summed E-state index contributed by atoms with van der Waals surface area (Å²) < 4.78 is 12.9. The van der Waals surface area contributed by atoms with E-state index in [0.717, 1.165) is 43.1 Å². The summed E-state index contributed by atoms with van der Waals surface area (Å²) in [6.45, 7) is 8.75. The lowest BCUT2D eigenvalue weighted by atomic mass is 9.74. The fourth-order valence-electron chi connectivity index (χ4n) is 5.13. The summed E-state index contributed by atoms with van der Waals surface area (Å²) in [6.07, 6.45) is 2.32. The number of ether oxygens (including phenoxy) is 2. The monoisotopic (exact) mass is 440 g/mol. The summed E-state index contributed by atoms with van der Waals surface area (Å²) in [4.78, 5) is 14.9. The Morgan fingerprint density at radius 1 is 1.19 bits per heavy atom. The summed E-state index contributed by atoms with van der Waals surface area (Å²) in [5, 5.41) is 7.99. The average molecular weight is 441 g/mol. The number of rotatable bonds is 6. The van der Waals surface area contributed by atoms with Gasteiger partial charge in [-0.1, -0.05) is 20.8 Å². The highest BCUT2D eigenvalue weighted by atomic mass is 16.5. The summed E-state index contributed by atoms with van der Waals surface area (Å²) in [5.74, 6) is 2.63. The van der Waals surface area contributed by atoms with Gasteiger partial charge in [0.15, 0.2) is 11.5 Å². The molecule has 0 radical (unpaired) electrons. The molecule has 5 rings (SSSR count). The van der Waals surface area contributed by atoms with Crippen molar-refractivity contribution in [2.45, 2.75) is 45.6 Å². The smallest absolute Gasteiger partial charge is 0.225 e. The maximum absolute atomic E-state index is 12.3. The maximum atomic E-state index is 12.3. The van der Waals surface area contributed by atoms with E-state index in [1.165, 1.54) is 12.1 Å². The molecule has 32 heavy (non-hydrogen) atoms. The van der Waals surface area contributed by atoms with Crippen LogP contribution in [0.4, 0.5) is 0 Å². The van der Waals surface area contributed by atoms with Crippen molar-refractivity contribution in [1.29, 1.82) is 0 Å². The number of methoxy groups -OCH3 is 2. The molecule has 7 heteroatoms. The second-order valence-corrected chi connectivity index (χ2v) is 10.1. The van der Waals surface area contributed by atoms with Crippen molar-refractivity contribution in [1.82, 2.24) is 20.0 Å². The molecular formula is C25H36N4O3. The number of aromatic nitrogens is 2. The minimum Gasteiger partial charge on any atom is -0.493 e. The number of nitrogens with one attached hydrogen (secondary N) is 1. The molecule has 3 aliphatic rings.